The standard InChI is InChI=1S/C15H27N5O.HI/c1-4-21-12-14-5-7-19(11-14)15(16-3)17-6-8-20-10-13(2)9-18-20;/h9-10,14H,4-8,11-12H2,1-3H3,(H,16,17);1H. The summed E-state index contributed by atoms with van der Waals surface area (Å²) in [5.74, 6) is 1.61. The molecule has 1 aromatic heterocycles. The van der Waals surface area contributed by atoms with Crippen molar-refractivity contribution in [1.29, 1.82) is 0 Å². The van der Waals surface area contributed by atoms with Gasteiger partial charge >= 0.3 is 0 Å². The number of aryl methyl sites for hydroxylation is 1. The average molecular weight is 421 g/mol. The summed E-state index contributed by atoms with van der Waals surface area (Å²) in [6.07, 6.45) is 5.12. The number of aliphatic imine (C=N–C) groups is 1. The molecular weight excluding hydrogens is 393 g/mol. The van der Waals surface area contributed by atoms with Crippen LogP contribution in [0.15, 0.2) is 17.4 Å². The molecular formula is C15H28IN5O. The Kier molecular flexibility index (Phi) is 8.77. The monoisotopic (exact) mass is 421 g/mol. The molecule has 1 unspecified atom stereocenters. The van der Waals surface area contributed by atoms with E-state index in [1.54, 1.807) is 0 Å². The quantitative estimate of drug-likeness (QED) is 0.432. The molecule has 0 aromatic carbocycles. The minimum absolute atomic E-state index is 0. The molecule has 2 rings (SSSR count). The lowest BCUT2D eigenvalue weighted by Crippen LogP contribution is -2.41. The molecule has 6 nitrogen and oxygen atoms in total. The molecule has 126 valence electrons. The second-order valence-corrected chi connectivity index (χ2v) is 5.51. The van der Waals surface area contributed by atoms with E-state index in [0.29, 0.717) is 5.92 Å². The molecule has 1 aliphatic rings. The molecule has 0 spiro atoms. The fourth-order valence-electron chi connectivity index (χ4n) is 2.65. The number of rotatable bonds is 6. The van der Waals surface area contributed by atoms with E-state index in [1.807, 2.05) is 24.9 Å². The van der Waals surface area contributed by atoms with E-state index >= 15 is 0 Å². The Morgan fingerprint density at radius 1 is 1.55 bits per heavy atom. The van der Waals surface area contributed by atoms with Crippen LogP contribution < -0.4 is 5.32 Å². The van der Waals surface area contributed by atoms with E-state index in [9.17, 15) is 0 Å². The highest BCUT2D eigenvalue weighted by molar-refractivity contribution is 14.0. The van der Waals surface area contributed by atoms with E-state index in [4.69, 9.17) is 4.74 Å². The number of nitrogens with zero attached hydrogens (tertiary/aromatic N) is 4. The summed E-state index contributed by atoms with van der Waals surface area (Å²) >= 11 is 0. The Labute approximate surface area is 150 Å². The van der Waals surface area contributed by atoms with Crippen molar-refractivity contribution in [2.75, 3.05) is 39.9 Å². The van der Waals surface area contributed by atoms with Gasteiger partial charge in [0, 0.05) is 45.4 Å². The highest BCUT2D eigenvalue weighted by Crippen LogP contribution is 2.16. The first-order chi connectivity index (χ1) is 10.2. The molecule has 1 aromatic rings. The molecule has 0 amide bonds. The third-order valence-electron chi connectivity index (χ3n) is 3.74. The summed E-state index contributed by atoms with van der Waals surface area (Å²) < 4.78 is 7.48. The summed E-state index contributed by atoms with van der Waals surface area (Å²) in [5.41, 5.74) is 1.19. The third kappa shape index (κ3) is 5.75. The van der Waals surface area contributed by atoms with E-state index in [2.05, 4.69) is 33.4 Å². The normalized spacial score (nSPS) is 18.4. The highest BCUT2D eigenvalue weighted by Gasteiger charge is 2.24. The molecule has 0 bridgehead atoms. The molecule has 7 heteroatoms. The third-order valence-corrected chi connectivity index (χ3v) is 3.74. The van der Waals surface area contributed by atoms with Crippen molar-refractivity contribution in [2.45, 2.75) is 26.8 Å². The van der Waals surface area contributed by atoms with Gasteiger partial charge < -0.3 is 15.0 Å². The molecule has 1 N–H and O–H groups in total. The van der Waals surface area contributed by atoms with Crippen molar-refractivity contribution in [3.63, 3.8) is 0 Å². The first-order valence-electron chi connectivity index (χ1n) is 7.75. The number of hydrogen-bond donors (Lipinski definition) is 1. The predicted octanol–water partition coefficient (Wildman–Crippen LogP) is 1.74. The maximum atomic E-state index is 5.52. The summed E-state index contributed by atoms with van der Waals surface area (Å²) in [6, 6.07) is 0. The summed E-state index contributed by atoms with van der Waals surface area (Å²) in [6.45, 7) is 9.52. The molecule has 0 aliphatic carbocycles. The topological polar surface area (TPSA) is 54.7 Å². The number of aromatic nitrogens is 2. The van der Waals surface area contributed by atoms with E-state index in [-0.39, 0.29) is 24.0 Å². The molecule has 2 heterocycles. The van der Waals surface area contributed by atoms with E-state index in [1.165, 1.54) is 12.0 Å². The minimum atomic E-state index is 0. The molecule has 1 aliphatic heterocycles. The van der Waals surface area contributed by atoms with Gasteiger partial charge in [0.15, 0.2) is 5.96 Å². The lowest BCUT2D eigenvalue weighted by molar-refractivity contribution is 0.114. The van der Waals surface area contributed by atoms with Crippen LogP contribution in [0.3, 0.4) is 0 Å². The van der Waals surface area contributed by atoms with Gasteiger partial charge in [-0.05, 0) is 25.8 Å². The number of hydrogen-bond acceptors (Lipinski definition) is 3. The number of ether oxygens (including phenoxy) is 1. The van der Waals surface area contributed by atoms with Crippen molar-refractivity contribution >= 4 is 29.9 Å². The Balaban J connectivity index is 0.00000242. The highest BCUT2D eigenvalue weighted by atomic mass is 127. The summed E-state index contributed by atoms with van der Waals surface area (Å²) in [5, 5.41) is 7.71. The van der Waals surface area contributed by atoms with Crippen molar-refractivity contribution < 1.29 is 4.74 Å². The van der Waals surface area contributed by atoms with Gasteiger partial charge in [0.1, 0.15) is 0 Å². The molecule has 0 saturated carbocycles. The van der Waals surface area contributed by atoms with Crippen molar-refractivity contribution in [2.24, 2.45) is 10.9 Å². The van der Waals surface area contributed by atoms with Crippen LogP contribution in [0.25, 0.3) is 0 Å². The van der Waals surface area contributed by atoms with Crippen LogP contribution in [-0.2, 0) is 11.3 Å². The minimum Gasteiger partial charge on any atom is -0.381 e. The van der Waals surface area contributed by atoms with Crippen LogP contribution in [0.2, 0.25) is 0 Å². The van der Waals surface area contributed by atoms with Crippen LogP contribution in [-0.4, -0.2) is 60.5 Å². The average Bonchev–Trinajstić information content (AvgIpc) is 3.10. The van der Waals surface area contributed by atoms with E-state index in [0.717, 1.165) is 45.4 Å². The zero-order valence-corrected chi connectivity index (χ0v) is 16.1. The summed E-state index contributed by atoms with van der Waals surface area (Å²) in [7, 11) is 1.84. The maximum Gasteiger partial charge on any atom is 0.193 e. The fourth-order valence-corrected chi connectivity index (χ4v) is 2.65. The smallest absolute Gasteiger partial charge is 0.193 e. The van der Waals surface area contributed by atoms with Gasteiger partial charge in [-0.15, -0.1) is 24.0 Å². The predicted molar refractivity (Wildman–Crippen MR) is 99.9 cm³/mol. The van der Waals surface area contributed by atoms with Crippen LogP contribution in [0.1, 0.15) is 18.9 Å². The van der Waals surface area contributed by atoms with E-state index < -0.39 is 0 Å². The number of likely N-dealkylation sites (tertiary alicyclic amines) is 1. The molecule has 0 radical (unpaired) electrons. The van der Waals surface area contributed by atoms with Gasteiger partial charge in [-0.1, -0.05) is 0 Å². The molecule has 1 atom stereocenters. The van der Waals surface area contributed by atoms with Gasteiger partial charge in [0.25, 0.3) is 0 Å². The number of guanidine groups is 1. The Hall–Kier alpha value is -0.830. The van der Waals surface area contributed by atoms with Crippen molar-refractivity contribution in [3.05, 3.63) is 18.0 Å². The van der Waals surface area contributed by atoms with Crippen molar-refractivity contribution in [1.82, 2.24) is 20.0 Å². The largest absolute Gasteiger partial charge is 0.381 e. The number of halogens is 1. The van der Waals surface area contributed by atoms with Crippen LogP contribution in [0, 0.1) is 12.8 Å². The van der Waals surface area contributed by atoms with Crippen molar-refractivity contribution in [3.8, 4) is 0 Å². The number of nitrogens with one attached hydrogen (secondary N) is 1. The van der Waals surface area contributed by atoms with Crippen LogP contribution in [0.4, 0.5) is 0 Å². The second-order valence-electron chi connectivity index (χ2n) is 5.51. The lowest BCUT2D eigenvalue weighted by Gasteiger charge is -2.21. The van der Waals surface area contributed by atoms with Gasteiger partial charge in [-0.25, -0.2) is 0 Å². The van der Waals surface area contributed by atoms with Crippen LogP contribution >= 0.6 is 24.0 Å². The van der Waals surface area contributed by atoms with Gasteiger partial charge in [-0.3, -0.25) is 9.67 Å². The second kappa shape index (κ2) is 10.0. The SMILES string of the molecule is CCOCC1CCN(C(=NC)NCCn2cc(C)cn2)C1.I. The zero-order chi connectivity index (χ0) is 15.1. The molecule has 1 saturated heterocycles. The Bertz CT molecular complexity index is 463. The Morgan fingerprint density at radius 3 is 3.00 bits per heavy atom. The molecule has 1 fully saturated rings. The van der Waals surface area contributed by atoms with Gasteiger partial charge in [0.05, 0.1) is 19.3 Å². The first-order valence-corrected chi connectivity index (χ1v) is 7.75. The van der Waals surface area contributed by atoms with Gasteiger partial charge in [0.2, 0.25) is 0 Å². The first kappa shape index (κ1) is 19.2. The summed E-state index contributed by atoms with van der Waals surface area (Å²) in [4.78, 5) is 6.70. The lowest BCUT2D eigenvalue weighted by atomic mass is 10.1. The Morgan fingerprint density at radius 2 is 2.36 bits per heavy atom. The van der Waals surface area contributed by atoms with Crippen LogP contribution in [0.5, 0.6) is 0 Å². The van der Waals surface area contributed by atoms with Gasteiger partial charge in [-0.2, -0.15) is 5.10 Å². The fraction of sp³-hybridized carbons (Fsp3) is 0.733. The zero-order valence-electron chi connectivity index (χ0n) is 13.8. The molecule has 22 heavy (non-hydrogen) atoms. The maximum absolute atomic E-state index is 5.52.